The van der Waals surface area contributed by atoms with Crippen molar-refractivity contribution < 1.29 is 4.74 Å². The van der Waals surface area contributed by atoms with Gasteiger partial charge in [-0.3, -0.25) is 0 Å². The third-order valence-electron chi connectivity index (χ3n) is 2.63. The maximum atomic E-state index is 8.71. The highest BCUT2D eigenvalue weighted by Crippen LogP contribution is 2.18. The highest BCUT2D eigenvalue weighted by atomic mass is 32.2. The van der Waals surface area contributed by atoms with E-state index in [2.05, 4.69) is 13.0 Å². The Morgan fingerprint density at radius 2 is 1.74 bits per heavy atom. The Balaban J connectivity index is 1.74. The highest BCUT2D eigenvalue weighted by molar-refractivity contribution is 7.99. The largest absolute Gasteiger partial charge is 0.493 e. The lowest BCUT2D eigenvalue weighted by Crippen LogP contribution is -1.99. The second-order valence-corrected chi connectivity index (χ2v) is 5.31. The Labute approximate surface area is 118 Å². The van der Waals surface area contributed by atoms with Gasteiger partial charge in [-0.2, -0.15) is 5.26 Å². The van der Waals surface area contributed by atoms with E-state index in [0.717, 1.165) is 16.4 Å². The van der Waals surface area contributed by atoms with E-state index >= 15 is 0 Å². The summed E-state index contributed by atoms with van der Waals surface area (Å²) in [6, 6.07) is 17.8. The van der Waals surface area contributed by atoms with Crippen LogP contribution in [0.4, 0.5) is 0 Å². The molecule has 0 aliphatic heterocycles. The average Bonchev–Trinajstić information content (AvgIpc) is 2.46. The number of thioether (sulfide) groups is 1. The van der Waals surface area contributed by atoms with Gasteiger partial charge in [0.1, 0.15) is 5.75 Å². The van der Waals surface area contributed by atoms with Crippen molar-refractivity contribution in [2.24, 2.45) is 0 Å². The number of hydrogen-bond donors (Lipinski definition) is 0. The fourth-order valence-corrected chi connectivity index (χ4v) is 2.31. The van der Waals surface area contributed by atoms with E-state index in [1.165, 1.54) is 5.56 Å². The number of nitriles is 1. The van der Waals surface area contributed by atoms with Crippen LogP contribution in [0.25, 0.3) is 0 Å². The molecular formula is C16H15NOS. The van der Waals surface area contributed by atoms with E-state index in [1.54, 1.807) is 11.8 Å². The fraction of sp³-hybridized carbons (Fsp3) is 0.188. The van der Waals surface area contributed by atoms with Crippen molar-refractivity contribution in [1.29, 1.82) is 5.26 Å². The third-order valence-corrected chi connectivity index (χ3v) is 3.60. The van der Waals surface area contributed by atoms with Gasteiger partial charge in [-0.1, -0.05) is 17.7 Å². The molecule has 0 amide bonds. The van der Waals surface area contributed by atoms with Crippen LogP contribution in [0.15, 0.2) is 53.4 Å². The molecule has 0 unspecified atom stereocenters. The molecule has 0 aromatic heterocycles. The summed E-state index contributed by atoms with van der Waals surface area (Å²) in [6.07, 6.45) is 0. The van der Waals surface area contributed by atoms with E-state index < -0.39 is 0 Å². The second kappa shape index (κ2) is 6.86. The summed E-state index contributed by atoms with van der Waals surface area (Å²) in [6.45, 7) is 2.73. The summed E-state index contributed by atoms with van der Waals surface area (Å²) >= 11 is 1.73. The van der Waals surface area contributed by atoms with Crippen LogP contribution in [-0.4, -0.2) is 12.4 Å². The maximum absolute atomic E-state index is 8.71. The number of ether oxygens (including phenoxy) is 1. The third kappa shape index (κ3) is 4.35. The SMILES string of the molecule is Cc1ccc(OCCSc2ccc(C#N)cc2)cc1. The topological polar surface area (TPSA) is 33.0 Å². The van der Waals surface area contributed by atoms with Crippen LogP contribution >= 0.6 is 11.8 Å². The van der Waals surface area contributed by atoms with E-state index in [0.29, 0.717) is 12.2 Å². The number of rotatable bonds is 5. The van der Waals surface area contributed by atoms with Gasteiger partial charge in [0, 0.05) is 10.6 Å². The normalized spacial score (nSPS) is 9.89. The molecular weight excluding hydrogens is 254 g/mol. The van der Waals surface area contributed by atoms with Crippen LogP contribution in [0.2, 0.25) is 0 Å². The molecule has 0 aliphatic rings. The molecule has 2 nitrogen and oxygen atoms in total. The maximum Gasteiger partial charge on any atom is 0.119 e. The summed E-state index contributed by atoms with van der Waals surface area (Å²) in [5, 5.41) is 8.71. The molecule has 2 rings (SSSR count). The Bertz CT molecular complexity index is 555. The molecule has 2 aromatic carbocycles. The van der Waals surface area contributed by atoms with Crippen molar-refractivity contribution in [3.63, 3.8) is 0 Å². The molecule has 0 bridgehead atoms. The minimum absolute atomic E-state index is 0.674. The predicted molar refractivity (Wildman–Crippen MR) is 78.6 cm³/mol. The fourth-order valence-electron chi connectivity index (χ4n) is 1.58. The zero-order valence-electron chi connectivity index (χ0n) is 10.8. The predicted octanol–water partition coefficient (Wildman–Crippen LogP) is 4.04. The molecule has 0 radical (unpaired) electrons. The van der Waals surface area contributed by atoms with Crippen LogP contribution in [0.5, 0.6) is 5.75 Å². The first-order chi connectivity index (χ1) is 9.28. The minimum atomic E-state index is 0.674. The van der Waals surface area contributed by atoms with E-state index in [1.807, 2.05) is 48.5 Å². The van der Waals surface area contributed by atoms with Crippen molar-refractivity contribution in [2.45, 2.75) is 11.8 Å². The molecule has 0 spiro atoms. The first-order valence-electron chi connectivity index (χ1n) is 6.10. The molecule has 0 N–H and O–H groups in total. The molecule has 19 heavy (non-hydrogen) atoms. The first kappa shape index (κ1) is 13.5. The van der Waals surface area contributed by atoms with Crippen LogP contribution in [0.1, 0.15) is 11.1 Å². The molecule has 0 fully saturated rings. The minimum Gasteiger partial charge on any atom is -0.493 e. The zero-order chi connectivity index (χ0) is 13.5. The molecule has 3 heteroatoms. The first-order valence-corrected chi connectivity index (χ1v) is 7.09. The van der Waals surface area contributed by atoms with Gasteiger partial charge < -0.3 is 4.74 Å². The lowest BCUT2D eigenvalue weighted by Gasteiger charge is -2.06. The number of nitrogens with zero attached hydrogens (tertiary/aromatic N) is 1. The van der Waals surface area contributed by atoms with Gasteiger partial charge in [-0.15, -0.1) is 11.8 Å². The average molecular weight is 269 g/mol. The van der Waals surface area contributed by atoms with Gasteiger partial charge in [0.05, 0.1) is 18.2 Å². The van der Waals surface area contributed by atoms with Crippen molar-refractivity contribution in [1.82, 2.24) is 0 Å². The van der Waals surface area contributed by atoms with Crippen molar-refractivity contribution in [2.75, 3.05) is 12.4 Å². The highest BCUT2D eigenvalue weighted by Gasteiger charge is 1.97. The standard InChI is InChI=1S/C16H15NOS/c1-13-2-6-15(7-3-13)18-10-11-19-16-8-4-14(12-17)5-9-16/h2-9H,10-11H2,1H3. The van der Waals surface area contributed by atoms with Gasteiger partial charge in [0.25, 0.3) is 0 Å². The second-order valence-electron chi connectivity index (χ2n) is 4.15. The summed E-state index contributed by atoms with van der Waals surface area (Å²) < 4.78 is 5.65. The van der Waals surface area contributed by atoms with Crippen molar-refractivity contribution in [3.05, 3.63) is 59.7 Å². The number of benzene rings is 2. The van der Waals surface area contributed by atoms with Crippen molar-refractivity contribution >= 4 is 11.8 Å². The number of aryl methyl sites for hydroxylation is 1. The van der Waals surface area contributed by atoms with E-state index in [9.17, 15) is 0 Å². The summed E-state index contributed by atoms with van der Waals surface area (Å²) in [5.41, 5.74) is 1.93. The lowest BCUT2D eigenvalue weighted by atomic mass is 10.2. The van der Waals surface area contributed by atoms with Crippen LogP contribution < -0.4 is 4.74 Å². The molecule has 0 saturated carbocycles. The van der Waals surface area contributed by atoms with Gasteiger partial charge >= 0.3 is 0 Å². The lowest BCUT2D eigenvalue weighted by molar-refractivity contribution is 0.344. The molecule has 2 aromatic rings. The Morgan fingerprint density at radius 3 is 2.37 bits per heavy atom. The molecule has 0 saturated heterocycles. The Hall–Kier alpha value is -1.92. The van der Waals surface area contributed by atoms with E-state index in [4.69, 9.17) is 10.00 Å². The number of hydrogen-bond acceptors (Lipinski definition) is 3. The van der Waals surface area contributed by atoms with E-state index in [-0.39, 0.29) is 0 Å². The zero-order valence-corrected chi connectivity index (χ0v) is 11.6. The summed E-state index contributed by atoms with van der Waals surface area (Å²) in [7, 11) is 0. The van der Waals surface area contributed by atoms with Gasteiger partial charge in [-0.25, -0.2) is 0 Å². The van der Waals surface area contributed by atoms with Crippen LogP contribution in [0.3, 0.4) is 0 Å². The molecule has 96 valence electrons. The van der Waals surface area contributed by atoms with Crippen LogP contribution in [-0.2, 0) is 0 Å². The van der Waals surface area contributed by atoms with Crippen LogP contribution in [0, 0.1) is 18.3 Å². The quantitative estimate of drug-likeness (QED) is 0.606. The summed E-state index contributed by atoms with van der Waals surface area (Å²) in [4.78, 5) is 1.16. The molecule has 0 atom stereocenters. The van der Waals surface area contributed by atoms with Crippen molar-refractivity contribution in [3.8, 4) is 11.8 Å². The van der Waals surface area contributed by atoms with Gasteiger partial charge in [0.2, 0.25) is 0 Å². The summed E-state index contributed by atoms with van der Waals surface area (Å²) in [5.74, 6) is 1.80. The molecule has 0 aliphatic carbocycles. The molecule has 0 heterocycles. The monoisotopic (exact) mass is 269 g/mol. The Kier molecular flexibility index (Phi) is 4.88. The Morgan fingerprint density at radius 1 is 1.05 bits per heavy atom. The smallest absolute Gasteiger partial charge is 0.119 e. The van der Waals surface area contributed by atoms with Gasteiger partial charge in [-0.05, 0) is 43.3 Å². The van der Waals surface area contributed by atoms with Gasteiger partial charge in [0.15, 0.2) is 0 Å².